The number of hydrogen-bond acceptors (Lipinski definition) is 3. The summed E-state index contributed by atoms with van der Waals surface area (Å²) in [5.74, 6) is 0. The Morgan fingerprint density at radius 1 is 1.06 bits per heavy atom. The van der Waals surface area contributed by atoms with Gasteiger partial charge in [0.2, 0.25) is 0 Å². The van der Waals surface area contributed by atoms with Gasteiger partial charge in [-0.15, -0.1) is 0 Å². The first-order chi connectivity index (χ1) is 8.18. The van der Waals surface area contributed by atoms with Crippen LogP contribution in [-0.4, -0.2) is 49.1 Å². The van der Waals surface area contributed by atoms with Gasteiger partial charge in [0, 0.05) is 38.3 Å². The number of nitrogens with two attached hydrogens (primary N) is 1. The zero-order chi connectivity index (χ0) is 12.3. The van der Waals surface area contributed by atoms with Crippen molar-refractivity contribution < 1.29 is 0 Å². The lowest BCUT2D eigenvalue weighted by Gasteiger charge is -2.38. The third-order valence-corrected chi connectivity index (χ3v) is 3.82. The molecule has 0 radical (unpaired) electrons. The number of benzene rings is 1. The summed E-state index contributed by atoms with van der Waals surface area (Å²) < 4.78 is 0. The minimum absolute atomic E-state index is 0.111. The number of rotatable bonds is 3. The molecule has 0 spiro atoms. The van der Waals surface area contributed by atoms with E-state index < -0.39 is 0 Å². The van der Waals surface area contributed by atoms with Crippen molar-refractivity contribution in [3.8, 4) is 0 Å². The lowest BCUT2D eigenvalue weighted by molar-refractivity contribution is 0.106. The van der Waals surface area contributed by atoms with Crippen molar-refractivity contribution in [2.24, 2.45) is 5.73 Å². The standard InChI is InChI=1S/C14H23N3/c1-12(17-10-8-16(2)9-11-17)14(15)13-6-4-3-5-7-13/h3-7,12,14H,8-11,15H2,1-2H3. The average molecular weight is 233 g/mol. The average Bonchev–Trinajstić information content (AvgIpc) is 2.39. The van der Waals surface area contributed by atoms with Crippen LogP contribution in [0.25, 0.3) is 0 Å². The molecule has 94 valence electrons. The van der Waals surface area contributed by atoms with E-state index in [4.69, 9.17) is 5.73 Å². The summed E-state index contributed by atoms with van der Waals surface area (Å²) in [6.45, 7) is 6.77. The molecule has 1 aromatic carbocycles. The maximum atomic E-state index is 6.35. The van der Waals surface area contributed by atoms with E-state index in [0.717, 1.165) is 26.2 Å². The van der Waals surface area contributed by atoms with E-state index in [1.165, 1.54) is 5.56 Å². The van der Waals surface area contributed by atoms with Crippen molar-refractivity contribution in [3.63, 3.8) is 0 Å². The summed E-state index contributed by atoms with van der Waals surface area (Å²) in [6, 6.07) is 10.9. The third kappa shape index (κ3) is 3.06. The highest BCUT2D eigenvalue weighted by Crippen LogP contribution is 2.19. The molecular formula is C14H23N3. The summed E-state index contributed by atoms with van der Waals surface area (Å²) in [4.78, 5) is 4.87. The van der Waals surface area contributed by atoms with Crippen LogP contribution in [0.2, 0.25) is 0 Å². The van der Waals surface area contributed by atoms with E-state index in [1.807, 2.05) is 6.07 Å². The molecule has 1 aliphatic rings. The van der Waals surface area contributed by atoms with Crippen LogP contribution in [-0.2, 0) is 0 Å². The maximum absolute atomic E-state index is 6.35. The Kier molecular flexibility index (Phi) is 4.15. The van der Waals surface area contributed by atoms with Crippen molar-refractivity contribution in [1.29, 1.82) is 0 Å². The van der Waals surface area contributed by atoms with Gasteiger partial charge < -0.3 is 10.6 Å². The fourth-order valence-electron chi connectivity index (χ4n) is 2.41. The van der Waals surface area contributed by atoms with E-state index in [0.29, 0.717) is 6.04 Å². The van der Waals surface area contributed by atoms with E-state index >= 15 is 0 Å². The SMILES string of the molecule is CC(C(N)c1ccccc1)N1CCN(C)CC1. The Bertz CT molecular complexity index is 331. The van der Waals surface area contributed by atoms with Crippen molar-refractivity contribution in [3.05, 3.63) is 35.9 Å². The largest absolute Gasteiger partial charge is 0.323 e. The molecule has 2 rings (SSSR count). The second kappa shape index (κ2) is 5.63. The molecule has 0 bridgehead atoms. The van der Waals surface area contributed by atoms with Crippen LogP contribution in [0, 0.1) is 0 Å². The van der Waals surface area contributed by atoms with Crippen molar-refractivity contribution >= 4 is 0 Å². The highest BCUT2D eigenvalue weighted by atomic mass is 15.3. The molecule has 1 heterocycles. The lowest BCUT2D eigenvalue weighted by atomic mass is 10.00. The topological polar surface area (TPSA) is 32.5 Å². The summed E-state index contributed by atoms with van der Waals surface area (Å²) in [6.07, 6.45) is 0. The van der Waals surface area contributed by atoms with Gasteiger partial charge >= 0.3 is 0 Å². The molecule has 0 amide bonds. The molecule has 1 fully saturated rings. The quantitative estimate of drug-likeness (QED) is 0.854. The summed E-state index contributed by atoms with van der Waals surface area (Å²) >= 11 is 0. The van der Waals surface area contributed by atoms with Crippen molar-refractivity contribution in [2.45, 2.75) is 19.0 Å². The minimum atomic E-state index is 0.111. The Morgan fingerprint density at radius 3 is 2.24 bits per heavy atom. The van der Waals surface area contributed by atoms with Gasteiger partial charge in [0.15, 0.2) is 0 Å². The maximum Gasteiger partial charge on any atom is 0.0450 e. The number of likely N-dealkylation sites (N-methyl/N-ethyl adjacent to an activating group) is 1. The van der Waals surface area contributed by atoms with Gasteiger partial charge in [-0.1, -0.05) is 30.3 Å². The van der Waals surface area contributed by atoms with Gasteiger partial charge in [-0.05, 0) is 19.5 Å². The fourth-order valence-corrected chi connectivity index (χ4v) is 2.41. The van der Waals surface area contributed by atoms with E-state index in [2.05, 4.69) is 48.0 Å². The van der Waals surface area contributed by atoms with Gasteiger partial charge in [-0.25, -0.2) is 0 Å². The monoisotopic (exact) mass is 233 g/mol. The Labute approximate surface area is 104 Å². The zero-order valence-corrected chi connectivity index (χ0v) is 10.8. The zero-order valence-electron chi connectivity index (χ0n) is 10.8. The fraction of sp³-hybridized carbons (Fsp3) is 0.571. The summed E-state index contributed by atoms with van der Waals surface area (Å²) in [5.41, 5.74) is 7.58. The molecular weight excluding hydrogens is 210 g/mol. The summed E-state index contributed by atoms with van der Waals surface area (Å²) in [7, 11) is 2.18. The van der Waals surface area contributed by atoms with Gasteiger partial charge in [-0.2, -0.15) is 0 Å². The minimum Gasteiger partial charge on any atom is -0.323 e. The van der Waals surface area contributed by atoms with Crippen molar-refractivity contribution in [1.82, 2.24) is 9.80 Å². The van der Waals surface area contributed by atoms with Crippen LogP contribution in [0.5, 0.6) is 0 Å². The second-order valence-electron chi connectivity index (χ2n) is 5.02. The predicted octanol–water partition coefficient (Wildman–Crippen LogP) is 1.32. The first kappa shape index (κ1) is 12.6. The highest BCUT2D eigenvalue weighted by Gasteiger charge is 2.24. The molecule has 2 atom stereocenters. The summed E-state index contributed by atoms with van der Waals surface area (Å²) in [5, 5.41) is 0. The molecule has 17 heavy (non-hydrogen) atoms. The molecule has 0 aromatic heterocycles. The Hall–Kier alpha value is -0.900. The molecule has 3 heteroatoms. The number of hydrogen-bond donors (Lipinski definition) is 1. The second-order valence-corrected chi connectivity index (χ2v) is 5.02. The highest BCUT2D eigenvalue weighted by molar-refractivity contribution is 5.19. The van der Waals surface area contributed by atoms with E-state index in [1.54, 1.807) is 0 Å². The van der Waals surface area contributed by atoms with Crippen LogP contribution in [0.4, 0.5) is 0 Å². The smallest absolute Gasteiger partial charge is 0.0450 e. The lowest BCUT2D eigenvalue weighted by Crippen LogP contribution is -2.51. The Balaban J connectivity index is 1.98. The van der Waals surface area contributed by atoms with Crippen LogP contribution in [0.3, 0.4) is 0 Å². The van der Waals surface area contributed by atoms with E-state index in [-0.39, 0.29) is 6.04 Å². The van der Waals surface area contributed by atoms with Crippen LogP contribution < -0.4 is 5.73 Å². The molecule has 3 nitrogen and oxygen atoms in total. The number of nitrogens with zero attached hydrogens (tertiary/aromatic N) is 2. The van der Waals surface area contributed by atoms with Crippen molar-refractivity contribution in [2.75, 3.05) is 33.2 Å². The van der Waals surface area contributed by atoms with Gasteiger partial charge in [-0.3, -0.25) is 4.90 Å². The molecule has 0 aliphatic carbocycles. The first-order valence-electron chi connectivity index (χ1n) is 6.41. The van der Waals surface area contributed by atoms with Gasteiger partial charge in [0.05, 0.1) is 0 Å². The molecule has 2 unspecified atom stereocenters. The van der Waals surface area contributed by atoms with E-state index in [9.17, 15) is 0 Å². The number of piperazine rings is 1. The molecule has 1 saturated heterocycles. The van der Waals surface area contributed by atoms with Crippen LogP contribution in [0.15, 0.2) is 30.3 Å². The molecule has 1 aliphatic heterocycles. The first-order valence-corrected chi connectivity index (χ1v) is 6.41. The van der Waals surface area contributed by atoms with Gasteiger partial charge in [0.25, 0.3) is 0 Å². The molecule has 0 saturated carbocycles. The van der Waals surface area contributed by atoms with Crippen LogP contribution in [0.1, 0.15) is 18.5 Å². The van der Waals surface area contributed by atoms with Gasteiger partial charge in [0.1, 0.15) is 0 Å². The predicted molar refractivity (Wildman–Crippen MR) is 71.9 cm³/mol. The normalized spacial score (nSPS) is 22.3. The Morgan fingerprint density at radius 2 is 1.65 bits per heavy atom. The molecule has 1 aromatic rings. The molecule has 2 N–H and O–H groups in total. The van der Waals surface area contributed by atoms with Crippen LogP contribution >= 0.6 is 0 Å². The third-order valence-electron chi connectivity index (χ3n) is 3.82.